The number of H-pyrrole nitrogens is 1. The van der Waals surface area contributed by atoms with Crippen LogP contribution in [0.5, 0.6) is 0 Å². The zero-order valence-electron chi connectivity index (χ0n) is 9.50. The molecule has 0 unspecified atom stereocenters. The quantitative estimate of drug-likeness (QED) is 0.754. The highest BCUT2D eigenvalue weighted by molar-refractivity contribution is 7.71. The minimum absolute atomic E-state index is 0.525. The number of imidazole rings is 1. The molecule has 1 aromatic heterocycles. The van der Waals surface area contributed by atoms with E-state index in [4.69, 9.17) is 12.2 Å². The van der Waals surface area contributed by atoms with E-state index in [0.29, 0.717) is 5.92 Å². The highest BCUT2D eigenvalue weighted by Gasteiger charge is 2.04. The van der Waals surface area contributed by atoms with Crippen molar-refractivity contribution >= 4 is 12.2 Å². The SMILES string of the molecule is CC(C)CCn1cc(C(C)C)[nH]c1=S. The van der Waals surface area contributed by atoms with E-state index in [1.165, 1.54) is 12.1 Å². The summed E-state index contributed by atoms with van der Waals surface area (Å²) in [5.74, 6) is 1.26. The topological polar surface area (TPSA) is 20.7 Å². The Bertz CT molecular complexity index is 333. The predicted octanol–water partition coefficient (Wildman–Crippen LogP) is 3.72. The first-order valence-electron chi connectivity index (χ1n) is 5.30. The summed E-state index contributed by atoms with van der Waals surface area (Å²) in [6, 6.07) is 0. The molecule has 0 fully saturated rings. The lowest BCUT2D eigenvalue weighted by atomic mass is 10.1. The molecule has 0 aromatic carbocycles. The standard InChI is InChI=1S/C11H20N2S/c1-8(2)5-6-13-7-10(9(3)4)12-11(13)14/h7-9H,5-6H2,1-4H3,(H,12,14). The molecule has 14 heavy (non-hydrogen) atoms. The predicted molar refractivity (Wildman–Crippen MR) is 63.2 cm³/mol. The molecule has 1 aromatic rings. The van der Waals surface area contributed by atoms with Crippen molar-refractivity contribution in [3.05, 3.63) is 16.7 Å². The van der Waals surface area contributed by atoms with Crippen molar-refractivity contribution in [3.63, 3.8) is 0 Å². The van der Waals surface area contributed by atoms with Gasteiger partial charge >= 0.3 is 0 Å². The van der Waals surface area contributed by atoms with Crippen molar-refractivity contribution in [2.24, 2.45) is 5.92 Å². The maximum absolute atomic E-state index is 5.25. The number of hydrogen-bond donors (Lipinski definition) is 1. The summed E-state index contributed by atoms with van der Waals surface area (Å²) in [5, 5.41) is 0. The third-order valence-corrected chi connectivity index (χ3v) is 2.71. The van der Waals surface area contributed by atoms with E-state index in [0.717, 1.165) is 17.2 Å². The molecule has 0 saturated heterocycles. The van der Waals surface area contributed by atoms with Gasteiger partial charge in [0.15, 0.2) is 4.77 Å². The Balaban J connectivity index is 2.73. The van der Waals surface area contributed by atoms with Gasteiger partial charge in [0.05, 0.1) is 0 Å². The van der Waals surface area contributed by atoms with Gasteiger partial charge in [-0.2, -0.15) is 0 Å². The molecule has 0 radical (unpaired) electrons. The van der Waals surface area contributed by atoms with Crippen molar-refractivity contribution in [1.82, 2.24) is 9.55 Å². The van der Waals surface area contributed by atoms with Gasteiger partial charge in [-0.05, 0) is 30.5 Å². The molecule has 80 valence electrons. The Hall–Kier alpha value is -0.570. The Kier molecular flexibility index (Phi) is 3.93. The summed E-state index contributed by atoms with van der Waals surface area (Å²) < 4.78 is 3.00. The Morgan fingerprint density at radius 1 is 1.36 bits per heavy atom. The molecular formula is C11H20N2S. The fourth-order valence-corrected chi connectivity index (χ4v) is 1.57. The van der Waals surface area contributed by atoms with Gasteiger partial charge in [-0.1, -0.05) is 27.7 Å². The fourth-order valence-electron chi connectivity index (χ4n) is 1.31. The average molecular weight is 212 g/mol. The van der Waals surface area contributed by atoms with Gasteiger partial charge in [0.1, 0.15) is 0 Å². The van der Waals surface area contributed by atoms with Crippen LogP contribution in [0.4, 0.5) is 0 Å². The van der Waals surface area contributed by atoms with Crippen molar-refractivity contribution in [2.75, 3.05) is 0 Å². The van der Waals surface area contributed by atoms with E-state index in [2.05, 4.69) is 43.4 Å². The monoisotopic (exact) mass is 212 g/mol. The van der Waals surface area contributed by atoms with Crippen molar-refractivity contribution in [3.8, 4) is 0 Å². The summed E-state index contributed by atoms with van der Waals surface area (Å²) in [4.78, 5) is 3.25. The molecule has 0 aliphatic heterocycles. The normalized spacial score (nSPS) is 11.6. The third-order valence-electron chi connectivity index (χ3n) is 2.38. The van der Waals surface area contributed by atoms with E-state index in [1.807, 2.05) is 0 Å². The summed E-state index contributed by atoms with van der Waals surface area (Å²) in [7, 11) is 0. The van der Waals surface area contributed by atoms with Crippen LogP contribution in [-0.2, 0) is 6.54 Å². The lowest BCUT2D eigenvalue weighted by Crippen LogP contribution is -2.00. The zero-order valence-corrected chi connectivity index (χ0v) is 10.3. The lowest BCUT2D eigenvalue weighted by molar-refractivity contribution is 0.513. The minimum Gasteiger partial charge on any atom is -0.334 e. The summed E-state index contributed by atoms with van der Waals surface area (Å²) >= 11 is 5.25. The van der Waals surface area contributed by atoms with Crippen LogP contribution in [0.25, 0.3) is 0 Å². The van der Waals surface area contributed by atoms with Gasteiger partial charge in [-0.25, -0.2) is 0 Å². The number of aromatic nitrogens is 2. The van der Waals surface area contributed by atoms with E-state index in [9.17, 15) is 0 Å². The number of hydrogen-bond acceptors (Lipinski definition) is 1. The summed E-state index contributed by atoms with van der Waals surface area (Å²) in [5.41, 5.74) is 1.23. The Morgan fingerprint density at radius 3 is 2.43 bits per heavy atom. The Morgan fingerprint density at radius 2 is 2.00 bits per heavy atom. The minimum atomic E-state index is 0.525. The van der Waals surface area contributed by atoms with Crippen molar-refractivity contribution in [2.45, 2.75) is 46.6 Å². The molecule has 1 N–H and O–H groups in total. The Labute approximate surface area is 91.3 Å². The number of rotatable bonds is 4. The van der Waals surface area contributed by atoms with Crippen LogP contribution in [0.15, 0.2) is 6.20 Å². The first-order valence-corrected chi connectivity index (χ1v) is 5.71. The van der Waals surface area contributed by atoms with Crippen LogP contribution in [-0.4, -0.2) is 9.55 Å². The van der Waals surface area contributed by atoms with Crippen LogP contribution in [0.1, 0.15) is 45.7 Å². The van der Waals surface area contributed by atoms with Crippen molar-refractivity contribution < 1.29 is 0 Å². The molecule has 0 spiro atoms. The highest BCUT2D eigenvalue weighted by atomic mass is 32.1. The van der Waals surface area contributed by atoms with Crippen LogP contribution in [0.2, 0.25) is 0 Å². The molecule has 2 nitrogen and oxygen atoms in total. The molecule has 0 atom stereocenters. The molecule has 0 amide bonds. The molecule has 0 bridgehead atoms. The molecular weight excluding hydrogens is 192 g/mol. The summed E-state index contributed by atoms with van der Waals surface area (Å²) in [6.45, 7) is 9.85. The zero-order chi connectivity index (χ0) is 10.7. The molecule has 3 heteroatoms. The second kappa shape index (κ2) is 4.78. The van der Waals surface area contributed by atoms with Gasteiger partial charge < -0.3 is 9.55 Å². The van der Waals surface area contributed by atoms with Gasteiger partial charge in [0, 0.05) is 18.4 Å². The van der Waals surface area contributed by atoms with Crippen LogP contribution in [0, 0.1) is 10.7 Å². The number of aryl methyl sites for hydroxylation is 1. The van der Waals surface area contributed by atoms with E-state index in [1.54, 1.807) is 0 Å². The second-order valence-electron chi connectivity index (χ2n) is 4.55. The summed E-state index contributed by atoms with van der Waals surface area (Å²) in [6.07, 6.45) is 3.33. The average Bonchev–Trinajstić information content (AvgIpc) is 2.43. The first kappa shape index (κ1) is 11.5. The van der Waals surface area contributed by atoms with E-state index < -0.39 is 0 Å². The number of nitrogens with zero attached hydrogens (tertiary/aromatic N) is 1. The molecule has 1 rings (SSSR count). The second-order valence-corrected chi connectivity index (χ2v) is 4.93. The largest absolute Gasteiger partial charge is 0.334 e. The highest BCUT2D eigenvalue weighted by Crippen LogP contribution is 2.13. The van der Waals surface area contributed by atoms with Crippen molar-refractivity contribution in [1.29, 1.82) is 0 Å². The third kappa shape index (κ3) is 2.98. The molecule has 1 heterocycles. The maximum atomic E-state index is 5.25. The number of nitrogens with one attached hydrogen (secondary N) is 1. The first-order chi connectivity index (χ1) is 6.50. The molecule has 0 aliphatic rings. The smallest absolute Gasteiger partial charge is 0.177 e. The van der Waals surface area contributed by atoms with Gasteiger partial charge in [-0.3, -0.25) is 0 Å². The number of aromatic amines is 1. The lowest BCUT2D eigenvalue weighted by Gasteiger charge is -2.04. The van der Waals surface area contributed by atoms with Gasteiger partial charge in [0.25, 0.3) is 0 Å². The van der Waals surface area contributed by atoms with Crippen LogP contribution >= 0.6 is 12.2 Å². The fraction of sp³-hybridized carbons (Fsp3) is 0.727. The van der Waals surface area contributed by atoms with E-state index >= 15 is 0 Å². The molecule has 0 aliphatic carbocycles. The van der Waals surface area contributed by atoms with Gasteiger partial charge in [-0.15, -0.1) is 0 Å². The van der Waals surface area contributed by atoms with Crippen LogP contribution in [0.3, 0.4) is 0 Å². The maximum Gasteiger partial charge on any atom is 0.177 e. The van der Waals surface area contributed by atoms with Crippen LogP contribution < -0.4 is 0 Å². The van der Waals surface area contributed by atoms with E-state index in [-0.39, 0.29) is 0 Å². The molecule has 0 saturated carbocycles. The van der Waals surface area contributed by atoms with Gasteiger partial charge in [0.2, 0.25) is 0 Å².